The number of rotatable bonds is 5. The maximum absolute atomic E-state index is 8.00. The second kappa shape index (κ2) is 5.88. The number of azide groups is 1. The van der Waals surface area contributed by atoms with Crippen LogP contribution >= 0.6 is 0 Å². The summed E-state index contributed by atoms with van der Waals surface area (Å²) >= 11 is 0. The molecule has 7 heteroatoms. The summed E-state index contributed by atoms with van der Waals surface area (Å²) in [5.41, 5.74) is 8.00. The minimum Gasteiger partial charge on any atom is -0.380 e. The van der Waals surface area contributed by atoms with Gasteiger partial charge < -0.3 is 14.2 Å². The number of nitrogens with zero attached hydrogens (tertiary/aromatic N) is 3. The average molecular weight is 197 g/mol. The molecule has 76 valence electrons. The summed E-state index contributed by atoms with van der Waals surface area (Å²) in [5.74, 6) is 0. The van der Waals surface area contributed by atoms with Gasteiger partial charge in [0.05, 0.1) is 12.7 Å². The number of hydrogen-bond donors (Lipinski definition) is 0. The van der Waals surface area contributed by atoms with E-state index >= 15 is 0 Å². The lowest BCUT2D eigenvalue weighted by atomic mass is 9.96. The van der Waals surface area contributed by atoms with E-state index in [1.165, 1.54) is 0 Å². The fourth-order valence-electron chi connectivity index (χ4n) is 1.38. The molecule has 14 heavy (non-hydrogen) atoms. The predicted octanol–water partition coefficient (Wildman–Crippen LogP) is 0.569. The molecule has 0 amide bonds. The summed E-state index contributed by atoms with van der Waals surface area (Å²) in [6.07, 6.45) is 0.437. The van der Waals surface area contributed by atoms with Crippen LogP contribution in [-0.2, 0) is 14.2 Å². The van der Waals surface area contributed by atoms with Crippen LogP contribution in [0.1, 0.15) is 6.42 Å². The molecule has 6 nitrogen and oxygen atoms in total. The second-order valence-electron chi connectivity index (χ2n) is 2.95. The van der Waals surface area contributed by atoms with Crippen molar-refractivity contribution >= 4 is 7.85 Å². The van der Waals surface area contributed by atoms with Crippen molar-refractivity contribution in [2.24, 2.45) is 5.11 Å². The molecular weight excluding hydrogens is 185 g/mol. The standard InChI is InChI=1S/C7H12BN3O3/c1-12-5-2-7(8)14-6(5)3-13-4-10-11-9/h5-7H,2-4H2,1H3/t5?,6-,7-/m1/s1. The Bertz CT molecular complexity index is 222. The maximum atomic E-state index is 8.00. The highest BCUT2D eigenvalue weighted by atomic mass is 16.6. The molecule has 2 radical (unpaired) electrons. The van der Waals surface area contributed by atoms with Crippen molar-refractivity contribution in [3.63, 3.8) is 0 Å². The van der Waals surface area contributed by atoms with Crippen molar-refractivity contribution in [3.8, 4) is 0 Å². The number of hydrogen-bond acceptors (Lipinski definition) is 4. The lowest BCUT2D eigenvalue weighted by molar-refractivity contribution is -0.0413. The SMILES string of the molecule is [B][C@H]1CC(OC)[C@@H](COCN=[N+]=[N-])O1. The van der Waals surface area contributed by atoms with E-state index in [9.17, 15) is 0 Å². The van der Waals surface area contributed by atoms with Crippen molar-refractivity contribution in [1.29, 1.82) is 0 Å². The Morgan fingerprint density at radius 1 is 1.71 bits per heavy atom. The molecule has 1 unspecified atom stereocenters. The van der Waals surface area contributed by atoms with Crippen LogP contribution in [0.5, 0.6) is 0 Å². The van der Waals surface area contributed by atoms with Gasteiger partial charge in [-0.05, 0) is 12.0 Å². The zero-order chi connectivity index (χ0) is 10.4. The van der Waals surface area contributed by atoms with Crippen molar-refractivity contribution < 1.29 is 14.2 Å². The third kappa shape index (κ3) is 3.19. The molecule has 1 aliphatic rings. The van der Waals surface area contributed by atoms with Gasteiger partial charge in [0.1, 0.15) is 20.7 Å². The van der Waals surface area contributed by atoms with Crippen LogP contribution in [0.15, 0.2) is 5.11 Å². The van der Waals surface area contributed by atoms with E-state index in [-0.39, 0.29) is 24.9 Å². The maximum Gasteiger partial charge on any atom is 0.126 e. The molecule has 0 aromatic carbocycles. The van der Waals surface area contributed by atoms with Gasteiger partial charge in [0.25, 0.3) is 0 Å². The summed E-state index contributed by atoms with van der Waals surface area (Å²) in [6, 6.07) is -0.298. The normalized spacial score (nSPS) is 31.4. The van der Waals surface area contributed by atoms with Crippen LogP contribution in [0.25, 0.3) is 10.4 Å². The quantitative estimate of drug-likeness (QED) is 0.212. The van der Waals surface area contributed by atoms with E-state index in [0.29, 0.717) is 13.0 Å². The lowest BCUT2D eigenvalue weighted by Crippen LogP contribution is -2.28. The first-order chi connectivity index (χ1) is 6.77. The Morgan fingerprint density at radius 2 is 2.50 bits per heavy atom. The van der Waals surface area contributed by atoms with Crippen LogP contribution < -0.4 is 0 Å². The third-order valence-electron chi connectivity index (χ3n) is 2.03. The van der Waals surface area contributed by atoms with E-state index in [2.05, 4.69) is 10.0 Å². The third-order valence-corrected chi connectivity index (χ3v) is 2.03. The molecule has 0 aromatic rings. The molecule has 0 aliphatic carbocycles. The van der Waals surface area contributed by atoms with Gasteiger partial charge >= 0.3 is 0 Å². The number of methoxy groups -OCH3 is 1. The summed E-state index contributed by atoms with van der Waals surface area (Å²) in [5, 5.41) is 3.23. The van der Waals surface area contributed by atoms with Crippen molar-refractivity contribution in [2.45, 2.75) is 24.6 Å². The highest BCUT2D eigenvalue weighted by Crippen LogP contribution is 2.21. The van der Waals surface area contributed by atoms with Crippen LogP contribution in [0.2, 0.25) is 0 Å². The van der Waals surface area contributed by atoms with Gasteiger partial charge in [0, 0.05) is 18.0 Å². The minimum absolute atomic E-state index is 0.00202. The molecule has 0 bridgehead atoms. The van der Waals surface area contributed by atoms with Crippen molar-refractivity contribution in [1.82, 2.24) is 0 Å². The van der Waals surface area contributed by atoms with Gasteiger partial charge in [-0.3, -0.25) is 0 Å². The van der Waals surface area contributed by atoms with E-state index in [4.69, 9.17) is 27.6 Å². The summed E-state index contributed by atoms with van der Waals surface area (Å²) < 4.78 is 15.6. The average Bonchev–Trinajstić information content (AvgIpc) is 2.54. The fraction of sp³-hybridized carbons (Fsp3) is 1.00. The van der Waals surface area contributed by atoms with E-state index < -0.39 is 0 Å². The molecule has 1 fully saturated rings. The van der Waals surface area contributed by atoms with E-state index in [0.717, 1.165) is 0 Å². The Labute approximate surface area is 83.5 Å². The monoisotopic (exact) mass is 197 g/mol. The summed E-state index contributed by atoms with van der Waals surface area (Å²) in [7, 11) is 7.19. The summed E-state index contributed by atoms with van der Waals surface area (Å²) in [4.78, 5) is 2.56. The summed E-state index contributed by atoms with van der Waals surface area (Å²) in [6.45, 7) is 0.327. The van der Waals surface area contributed by atoms with Gasteiger partial charge in [0.2, 0.25) is 0 Å². The molecule has 3 atom stereocenters. The minimum atomic E-state index is -0.298. The largest absolute Gasteiger partial charge is 0.380 e. The molecular formula is C7H12BN3O3. The van der Waals surface area contributed by atoms with Gasteiger partial charge in [-0.15, -0.1) is 0 Å². The Hall–Kier alpha value is -0.745. The van der Waals surface area contributed by atoms with Gasteiger partial charge in [0.15, 0.2) is 0 Å². The molecule has 0 aromatic heterocycles. The van der Waals surface area contributed by atoms with Gasteiger partial charge in [-0.2, -0.15) is 0 Å². The molecule has 1 aliphatic heterocycles. The zero-order valence-corrected chi connectivity index (χ0v) is 8.00. The zero-order valence-electron chi connectivity index (χ0n) is 8.00. The molecule has 0 spiro atoms. The second-order valence-corrected chi connectivity index (χ2v) is 2.95. The van der Waals surface area contributed by atoms with Crippen molar-refractivity contribution in [2.75, 3.05) is 20.4 Å². The van der Waals surface area contributed by atoms with E-state index in [1.54, 1.807) is 7.11 Å². The highest BCUT2D eigenvalue weighted by molar-refractivity contribution is 6.11. The molecule has 0 saturated carbocycles. The predicted molar refractivity (Wildman–Crippen MR) is 49.8 cm³/mol. The molecule has 0 N–H and O–H groups in total. The first kappa shape index (κ1) is 11.3. The molecule has 1 rings (SSSR count). The number of ether oxygens (including phenoxy) is 3. The first-order valence-electron chi connectivity index (χ1n) is 4.30. The molecule has 1 heterocycles. The van der Waals surface area contributed by atoms with Crippen LogP contribution in [0, 0.1) is 0 Å². The Kier molecular flexibility index (Phi) is 4.75. The van der Waals surface area contributed by atoms with Crippen LogP contribution in [0.4, 0.5) is 0 Å². The topological polar surface area (TPSA) is 76.5 Å². The van der Waals surface area contributed by atoms with Gasteiger partial charge in [-0.1, -0.05) is 5.11 Å². The lowest BCUT2D eigenvalue weighted by Gasteiger charge is -2.16. The Morgan fingerprint density at radius 3 is 3.14 bits per heavy atom. The van der Waals surface area contributed by atoms with Gasteiger partial charge in [-0.25, -0.2) is 0 Å². The van der Waals surface area contributed by atoms with Crippen molar-refractivity contribution in [3.05, 3.63) is 10.4 Å². The fourth-order valence-corrected chi connectivity index (χ4v) is 1.38. The van der Waals surface area contributed by atoms with E-state index in [1.807, 2.05) is 0 Å². The van der Waals surface area contributed by atoms with Crippen LogP contribution in [-0.4, -0.2) is 46.5 Å². The first-order valence-corrected chi connectivity index (χ1v) is 4.30. The van der Waals surface area contributed by atoms with Crippen LogP contribution in [0.3, 0.4) is 0 Å². The molecule has 1 saturated heterocycles. The Balaban J connectivity index is 2.25. The highest BCUT2D eigenvalue weighted by Gasteiger charge is 2.32. The smallest absolute Gasteiger partial charge is 0.126 e.